The second kappa shape index (κ2) is 5.70. The van der Waals surface area contributed by atoms with Gasteiger partial charge in [0.2, 0.25) is 0 Å². The van der Waals surface area contributed by atoms with E-state index in [1.807, 2.05) is 0 Å². The van der Waals surface area contributed by atoms with Crippen molar-refractivity contribution in [3.05, 3.63) is 71.8 Å². The van der Waals surface area contributed by atoms with E-state index in [1.54, 1.807) is 0 Å². The Morgan fingerprint density at radius 3 is 1.35 bits per heavy atom. The maximum absolute atomic E-state index is 3.09. The van der Waals surface area contributed by atoms with Gasteiger partial charge in [0.15, 0.2) is 0 Å². The Morgan fingerprint density at radius 2 is 1.05 bits per heavy atom. The Hall–Kier alpha value is -1.13. The summed E-state index contributed by atoms with van der Waals surface area (Å²) in [5.41, 5.74) is 3.40. The van der Waals surface area contributed by atoms with E-state index in [0.29, 0.717) is 5.66 Å². The third kappa shape index (κ3) is 2.81. The van der Waals surface area contributed by atoms with Crippen molar-refractivity contribution in [2.24, 2.45) is 5.41 Å². The van der Waals surface area contributed by atoms with Crippen molar-refractivity contribution in [3.8, 4) is 0 Å². The second-order valence-electron chi connectivity index (χ2n) is 6.78. The lowest BCUT2D eigenvalue weighted by atomic mass is 9.66. The van der Waals surface area contributed by atoms with Gasteiger partial charge in [0.25, 0.3) is 0 Å². The van der Waals surface area contributed by atoms with Gasteiger partial charge in [0.1, 0.15) is 0 Å². The standard InChI is InChI=1S/C19H25P/c1-18(2,3)17(20)19(4,15-11-7-5-8-12-15)16-13-9-6-10-14-16/h5-14,17H,20H2,1-4H3. The van der Waals surface area contributed by atoms with Crippen molar-refractivity contribution < 1.29 is 0 Å². The van der Waals surface area contributed by atoms with E-state index in [9.17, 15) is 0 Å². The van der Waals surface area contributed by atoms with Gasteiger partial charge in [-0.25, -0.2) is 0 Å². The van der Waals surface area contributed by atoms with Crippen molar-refractivity contribution in [2.45, 2.75) is 38.8 Å². The third-order valence-corrected chi connectivity index (χ3v) is 5.97. The molecule has 0 saturated heterocycles. The van der Waals surface area contributed by atoms with Gasteiger partial charge >= 0.3 is 0 Å². The maximum Gasteiger partial charge on any atom is 0.0242 e. The molecule has 0 radical (unpaired) electrons. The van der Waals surface area contributed by atoms with E-state index in [4.69, 9.17) is 0 Å². The van der Waals surface area contributed by atoms with E-state index in [1.165, 1.54) is 11.1 Å². The first-order valence-electron chi connectivity index (χ1n) is 7.23. The quantitative estimate of drug-likeness (QED) is 0.672. The van der Waals surface area contributed by atoms with E-state index < -0.39 is 0 Å². The molecule has 0 heterocycles. The van der Waals surface area contributed by atoms with Crippen LogP contribution in [0.2, 0.25) is 0 Å². The molecule has 0 aliphatic rings. The molecule has 0 spiro atoms. The van der Waals surface area contributed by atoms with Crippen LogP contribution in [0.4, 0.5) is 0 Å². The van der Waals surface area contributed by atoms with Gasteiger partial charge < -0.3 is 0 Å². The van der Waals surface area contributed by atoms with Crippen molar-refractivity contribution in [1.29, 1.82) is 0 Å². The Morgan fingerprint density at radius 1 is 0.700 bits per heavy atom. The van der Waals surface area contributed by atoms with Crippen LogP contribution >= 0.6 is 9.24 Å². The van der Waals surface area contributed by atoms with Gasteiger partial charge in [-0.15, -0.1) is 9.24 Å². The predicted octanol–water partition coefficient (Wildman–Crippen LogP) is 5.28. The molecule has 2 aromatic carbocycles. The highest BCUT2D eigenvalue weighted by atomic mass is 31.0. The van der Waals surface area contributed by atoms with Gasteiger partial charge in [0, 0.05) is 5.41 Å². The SMILES string of the molecule is CC(C)(C)C(P)C(C)(c1ccccc1)c1ccccc1. The van der Waals surface area contributed by atoms with E-state index >= 15 is 0 Å². The highest BCUT2D eigenvalue weighted by Crippen LogP contribution is 2.46. The normalized spacial score (nSPS) is 14.1. The van der Waals surface area contributed by atoms with Crippen LogP contribution in [-0.2, 0) is 5.41 Å². The Balaban J connectivity index is 2.61. The average molecular weight is 284 g/mol. The average Bonchev–Trinajstić information content (AvgIpc) is 2.46. The van der Waals surface area contributed by atoms with Gasteiger partial charge in [-0.2, -0.15) is 0 Å². The first-order valence-corrected chi connectivity index (χ1v) is 7.90. The molecular weight excluding hydrogens is 259 g/mol. The maximum atomic E-state index is 3.09. The minimum Gasteiger partial charge on any atom is -0.133 e. The molecule has 0 nitrogen and oxygen atoms in total. The molecule has 2 unspecified atom stereocenters. The number of hydrogen-bond donors (Lipinski definition) is 0. The Kier molecular flexibility index (Phi) is 4.35. The number of hydrogen-bond acceptors (Lipinski definition) is 0. The Labute approximate surface area is 125 Å². The van der Waals surface area contributed by atoms with Crippen molar-refractivity contribution in [1.82, 2.24) is 0 Å². The lowest BCUT2D eigenvalue weighted by Gasteiger charge is -2.44. The van der Waals surface area contributed by atoms with Gasteiger partial charge in [-0.3, -0.25) is 0 Å². The van der Waals surface area contributed by atoms with Crippen molar-refractivity contribution in [2.75, 3.05) is 0 Å². The fourth-order valence-electron chi connectivity index (χ4n) is 2.96. The van der Waals surface area contributed by atoms with Crippen LogP contribution in [-0.4, -0.2) is 5.66 Å². The van der Waals surface area contributed by atoms with E-state index in [0.717, 1.165) is 0 Å². The first kappa shape index (κ1) is 15.3. The van der Waals surface area contributed by atoms with Crippen LogP contribution in [0.3, 0.4) is 0 Å². The molecule has 0 aliphatic heterocycles. The summed E-state index contributed by atoms with van der Waals surface area (Å²) in [4.78, 5) is 0. The zero-order valence-corrected chi connectivity index (χ0v) is 14.1. The molecule has 106 valence electrons. The molecule has 1 heteroatoms. The van der Waals surface area contributed by atoms with Gasteiger partial charge in [0.05, 0.1) is 0 Å². The number of rotatable bonds is 3. The monoisotopic (exact) mass is 284 g/mol. The van der Waals surface area contributed by atoms with Crippen LogP contribution in [0, 0.1) is 5.41 Å². The topological polar surface area (TPSA) is 0 Å². The molecule has 0 aromatic heterocycles. The molecule has 0 amide bonds. The van der Waals surface area contributed by atoms with Crippen molar-refractivity contribution in [3.63, 3.8) is 0 Å². The fourth-order valence-corrected chi connectivity index (χ4v) is 3.35. The molecule has 2 rings (SSSR count). The summed E-state index contributed by atoms with van der Waals surface area (Å²) in [6, 6.07) is 21.7. The Bertz CT molecular complexity index is 497. The first-order chi connectivity index (χ1) is 9.37. The molecule has 0 N–H and O–H groups in total. The lowest BCUT2D eigenvalue weighted by molar-refractivity contribution is 0.314. The molecule has 0 fully saturated rings. The van der Waals surface area contributed by atoms with E-state index in [2.05, 4.69) is 97.6 Å². The molecule has 0 bridgehead atoms. The summed E-state index contributed by atoms with van der Waals surface area (Å²) in [7, 11) is 3.09. The van der Waals surface area contributed by atoms with Crippen LogP contribution < -0.4 is 0 Å². The summed E-state index contributed by atoms with van der Waals surface area (Å²) in [6.07, 6.45) is 0. The summed E-state index contributed by atoms with van der Waals surface area (Å²) in [5.74, 6) is 0. The summed E-state index contributed by atoms with van der Waals surface area (Å²) in [5, 5.41) is 0. The fraction of sp³-hybridized carbons (Fsp3) is 0.368. The molecular formula is C19H25P. The highest BCUT2D eigenvalue weighted by Gasteiger charge is 2.40. The van der Waals surface area contributed by atoms with Crippen LogP contribution in [0.1, 0.15) is 38.8 Å². The molecule has 20 heavy (non-hydrogen) atoms. The third-order valence-electron chi connectivity index (χ3n) is 4.30. The summed E-state index contributed by atoms with van der Waals surface area (Å²) in [6.45, 7) is 9.30. The minimum atomic E-state index is -0.00850. The summed E-state index contributed by atoms with van der Waals surface area (Å²) >= 11 is 0. The highest BCUT2D eigenvalue weighted by molar-refractivity contribution is 7.17. The van der Waals surface area contributed by atoms with Gasteiger partial charge in [-0.1, -0.05) is 88.4 Å². The summed E-state index contributed by atoms with van der Waals surface area (Å²) < 4.78 is 0. The van der Waals surface area contributed by atoms with E-state index in [-0.39, 0.29) is 10.8 Å². The molecule has 0 aliphatic carbocycles. The lowest BCUT2D eigenvalue weighted by Crippen LogP contribution is -2.41. The number of benzene rings is 2. The molecule has 2 aromatic rings. The van der Waals surface area contributed by atoms with Gasteiger partial charge in [-0.05, 0) is 22.2 Å². The largest absolute Gasteiger partial charge is 0.133 e. The van der Waals surface area contributed by atoms with Crippen LogP contribution in [0.25, 0.3) is 0 Å². The second-order valence-corrected chi connectivity index (χ2v) is 7.44. The predicted molar refractivity (Wildman–Crippen MR) is 92.3 cm³/mol. The smallest absolute Gasteiger partial charge is 0.0242 e. The zero-order valence-electron chi connectivity index (χ0n) is 12.9. The van der Waals surface area contributed by atoms with Crippen LogP contribution in [0.5, 0.6) is 0 Å². The van der Waals surface area contributed by atoms with Crippen molar-refractivity contribution >= 4 is 9.24 Å². The molecule has 0 saturated carbocycles. The zero-order chi connectivity index (χ0) is 14.8. The molecule has 2 atom stereocenters. The van der Waals surface area contributed by atoms with Crippen LogP contribution in [0.15, 0.2) is 60.7 Å². The minimum absolute atomic E-state index is 0.00850.